The maximum absolute atomic E-state index is 3.63. The number of rotatable bonds is 7. The van der Waals surface area contributed by atoms with E-state index in [1.165, 1.54) is 24.0 Å². The molecular formula is C17H23NS. The van der Waals surface area contributed by atoms with Gasteiger partial charge in [0.2, 0.25) is 0 Å². The second kappa shape index (κ2) is 7.46. The van der Waals surface area contributed by atoms with E-state index in [9.17, 15) is 0 Å². The van der Waals surface area contributed by atoms with E-state index in [1.807, 2.05) is 0 Å². The summed E-state index contributed by atoms with van der Waals surface area (Å²) in [5.41, 5.74) is 2.88. The van der Waals surface area contributed by atoms with Gasteiger partial charge in [-0.05, 0) is 53.3 Å². The summed E-state index contributed by atoms with van der Waals surface area (Å²) >= 11 is 1.79. The normalized spacial score (nSPS) is 14.2. The highest BCUT2D eigenvalue weighted by molar-refractivity contribution is 7.07. The minimum atomic E-state index is 0.463. The van der Waals surface area contributed by atoms with Crippen LogP contribution in [-0.4, -0.2) is 6.54 Å². The van der Waals surface area contributed by atoms with Crippen molar-refractivity contribution in [2.75, 3.05) is 6.54 Å². The van der Waals surface area contributed by atoms with Crippen molar-refractivity contribution in [3.63, 3.8) is 0 Å². The molecule has 0 aliphatic rings. The first-order chi connectivity index (χ1) is 9.31. The molecule has 2 rings (SSSR count). The van der Waals surface area contributed by atoms with E-state index in [0.717, 1.165) is 6.54 Å². The summed E-state index contributed by atoms with van der Waals surface area (Å²) in [4.78, 5) is 0. The van der Waals surface area contributed by atoms with Crippen LogP contribution in [0.3, 0.4) is 0 Å². The summed E-state index contributed by atoms with van der Waals surface area (Å²) in [5, 5.41) is 8.06. The van der Waals surface area contributed by atoms with Crippen LogP contribution in [-0.2, 0) is 6.42 Å². The molecule has 0 aliphatic carbocycles. The van der Waals surface area contributed by atoms with Gasteiger partial charge in [0.05, 0.1) is 0 Å². The highest BCUT2D eigenvalue weighted by atomic mass is 32.1. The molecule has 1 heterocycles. The van der Waals surface area contributed by atoms with Crippen LogP contribution < -0.4 is 5.32 Å². The summed E-state index contributed by atoms with van der Waals surface area (Å²) in [6, 6.07) is 13.5. The van der Waals surface area contributed by atoms with Crippen molar-refractivity contribution in [3.05, 3.63) is 58.3 Å². The highest BCUT2D eigenvalue weighted by Crippen LogP contribution is 2.26. The first-order valence-electron chi connectivity index (χ1n) is 7.10. The van der Waals surface area contributed by atoms with E-state index in [0.29, 0.717) is 12.0 Å². The number of thiophene rings is 1. The molecule has 102 valence electrons. The molecule has 0 saturated carbocycles. The van der Waals surface area contributed by atoms with E-state index >= 15 is 0 Å². The lowest BCUT2D eigenvalue weighted by Crippen LogP contribution is -2.27. The maximum Gasteiger partial charge on any atom is 0.0346 e. The summed E-state index contributed by atoms with van der Waals surface area (Å²) in [6.07, 6.45) is 2.41. The molecule has 0 radical (unpaired) electrons. The molecule has 1 N–H and O–H groups in total. The third kappa shape index (κ3) is 4.19. The Morgan fingerprint density at radius 3 is 2.58 bits per heavy atom. The van der Waals surface area contributed by atoms with Gasteiger partial charge in [-0.2, -0.15) is 11.3 Å². The van der Waals surface area contributed by atoms with E-state index in [2.05, 4.69) is 66.3 Å². The van der Waals surface area contributed by atoms with Gasteiger partial charge in [-0.1, -0.05) is 44.2 Å². The zero-order valence-corrected chi connectivity index (χ0v) is 12.6. The van der Waals surface area contributed by atoms with Crippen LogP contribution >= 0.6 is 11.3 Å². The molecule has 0 aliphatic heterocycles. The van der Waals surface area contributed by atoms with Gasteiger partial charge in [-0.3, -0.25) is 0 Å². The van der Waals surface area contributed by atoms with Crippen molar-refractivity contribution >= 4 is 11.3 Å². The number of hydrogen-bond acceptors (Lipinski definition) is 2. The fourth-order valence-corrected chi connectivity index (χ4v) is 3.23. The van der Waals surface area contributed by atoms with E-state index in [-0.39, 0.29) is 0 Å². The van der Waals surface area contributed by atoms with Crippen LogP contribution in [0.1, 0.15) is 37.4 Å². The fourth-order valence-electron chi connectivity index (χ4n) is 2.52. The Labute approximate surface area is 120 Å². The van der Waals surface area contributed by atoms with Crippen LogP contribution in [0.15, 0.2) is 47.2 Å². The van der Waals surface area contributed by atoms with E-state index in [1.54, 1.807) is 11.3 Å². The average Bonchev–Trinajstić information content (AvgIpc) is 2.96. The van der Waals surface area contributed by atoms with Crippen LogP contribution in [0.4, 0.5) is 0 Å². The minimum absolute atomic E-state index is 0.463. The SMILES string of the molecule is CCNC(c1ccccc1)C(C)CCc1ccsc1. The molecule has 0 amide bonds. The van der Waals surface area contributed by atoms with Crippen molar-refractivity contribution in [1.29, 1.82) is 0 Å². The Balaban J connectivity index is 1.98. The topological polar surface area (TPSA) is 12.0 Å². The van der Waals surface area contributed by atoms with Gasteiger partial charge in [0.15, 0.2) is 0 Å². The van der Waals surface area contributed by atoms with E-state index in [4.69, 9.17) is 0 Å². The van der Waals surface area contributed by atoms with Crippen LogP contribution in [0, 0.1) is 5.92 Å². The molecule has 0 bridgehead atoms. The molecule has 2 unspecified atom stereocenters. The van der Waals surface area contributed by atoms with Gasteiger partial charge >= 0.3 is 0 Å². The predicted octanol–water partition coefficient (Wildman–Crippen LogP) is 4.67. The lowest BCUT2D eigenvalue weighted by atomic mass is 9.90. The number of nitrogens with one attached hydrogen (secondary N) is 1. The number of aryl methyl sites for hydroxylation is 1. The third-order valence-corrected chi connectivity index (χ3v) is 4.35. The molecular weight excluding hydrogens is 250 g/mol. The molecule has 0 fully saturated rings. The van der Waals surface area contributed by atoms with Gasteiger partial charge in [0.25, 0.3) is 0 Å². The first-order valence-corrected chi connectivity index (χ1v) is 8.05. The zero-order chi connectivity index (χ0) is 13.5. The Bertz CT molecular complexity index is 449. The summed E-state index contributed by atoms with van der Waals surface area (Å²) < 4.78 is 0. The van der Waals surface area contributed by atoms with Gasteiger partial charge in [0.1, 0.15) is 0 Å². The fraction of sp³-hybridized carbons (Fsp3) is 0.412. The second-order valence-electron chi connectivity index (χ2n) is 5.09. The highest BCUT2D eigenvalue weighted by Gasteiger charge is 2.17. The zero-order valence-electron chi connectivity index (χ0n) is 11.8. The van der Waals surface area contributed by atoms with Crippen LogP contribution in [0.2, 0.25) is 0 Å². The Kier molecular flexibility index (Phi) is 5.62. The molecule has 1 aromatic carbocycles. The Hall–Kier alpha value is -1.12. The van der Waals surface area contributed by atoms with Gasteiger partial charge in [0, 0.05) is 6.04 Å². The number of hydrogen-bond donors (Lipinski definition) is 1. The van der Waals surface area contributed by atoms with E-state index < -0.39 is 0 Å². The third-order valence-electron chi connectivity index (χ3n) is 3.62. The largest absolute Gasteiger partial charge is 0.310 e. The number of benzene rings is 1. The first kappa shape index (κ1) is 14.3. The molecule has 1 nitrogen and oxygen atoms in total. The molecule has 0 saturated heterocycles. The monoisotopic (exact) mass is 273 g/mol. The van der Waals surface area contributed by atoms with Crippen molar-refractivity contribution < 1.29 is 0 Å². The Morgan fingerprint density at radius 1 is 1.16 bits per heavy atom. The molecule has 2 atom stereocenters. The van der Waals surface area contributed by atoms with Crippen molar-refractivity contribution in [2.24, 2.45) is 5.92 Å². The summed E-state index contributed by atoms with van der Waals surface area (Å²) in [7, 11) is 0. The maximum atomic E-state index is 3.63. The molecule has 19 heavy (non-hydrogen) atoms. The molecule has 0 spiro atoms. The van der Waals surface area contributed by atoms with Gasteiger partial charge in [-0.15, -0.1) is 0 Å². The quantitative estimate of drug-likeness (QED) is 0.773. The lowest BCUT2D eigenvalue weighted by molar-refractivity contribution is 0.372. The lowest BCUT2D eigenvalue weighted by Gasteiger charge is -2.25. The minimum Gasteiger partial charge on any atom is -0.310 e. The molecule has 2 heteroatoms. The second-order valence-corrected chi connectivity index (χ2v) is 5.87. The van der Waals surface area contributed by atoms with Gasteiger partial charge in [-0.25, -0.2) is 0 Å². The van der Waals surface area contributed by atoms with Crippen molar-refractivity contribution in [2.45, 2.75) is 32.7 Å². The summed E-state index contributed by atoms with van der Waals surface area (Å²) in [6.45, 7) is 5.55. The van der Waals surface area contributed by atoms with Crippen molar-refractivity contribution in [1.82, 2.24) is 5.32 Å². The molecule has 1 aromatic heterocycles. The Morgan fingerprint density at radius 2 is 1.95 bits per heavy atom. The standard InChI is InChI=1S/C17H23NS/c1-3-18-17(16-7-5-4-6-8-16)14(2)9-10-15-11-12-19-13-15/h4-8,11-14,17-18H,3,9-10H2,1-2H3. The van der Waals surface area contributed by atoms with Crippen LogP contribution in [0.5, 0.6) is 0 Å². The smallest absolute Gasteiger partial charge is 0.0346 e. The molecule has 2 aromatic rings. The average molecular weight is 273 g/mol. The van der Waals surface area contributed by atoms with Gasteiger partial charge < -0.3 is 5.32 Å². The van der Waals surface area contributed by atoms with Crippen molar-refractivity contribution in [3.8, 4) is 0 Å². The predicted molar refractivity (Wildman–Crippen MR) is 84.7 cm³/mol. The van der Waals surface area contributed by atoms with Crippen LogP contribution in [0.25, 0.3) is 0 Å². The summed E-state index contributed by atoms with van der Waals surface area (Å²) in [5.74, 6) is 0.641.